The molecule has 4 rings (SSSR count). The first-order valence-electron chi connectivity index (χ1n) is 8.90. The van der Waals surface area contributed by atoms with E-state index in [1.165, 1.54) is 18.7 Å². The summed E-state index contributed by atoms with van der Waals surface area (Å²) in [5.74, 6) is -1.78. The van der Waals surface area contributed by atoms with Crippen molar-refractivity contribution in [1.29, 1.82) is 0 Å². The van der Waals surface area contributed by atoms with E-state index in [1.807, 2.05) is 0 Å². The van der Waals surface area contributed by atoms with Gasteiger partial charge in [-0.2, -0.15) is 0 Å². The summed E-state index contributed by atoms with van der Waals surface area (Å²) < 4.78 is 16.5. The Labute approximate surface area is 150 Å². The zero-order valence-electron chi connectivity index (χ0n) is 14.9. The van der Waals surface area contributed by atoms with E-state index in [9.17, 15) is 19.1 Å². The molecule has 2 bridgehead atoms. The number of rotatable bonds is 2. The molecular formula is C19H22FN3O3. The van der Waals surface area contributed by atoms with E-state index in [0.717, 1.165) is 25.9 Å². The van der Waals surface area contributed by atoms with Gasteiger partial charge in [0, 0.05) is 43.8 Å². The average molecular weight is 359 g/mol. The van der Waals surface area contributed by atoms with Gasteiger partial charge in [-0.05, 0) is 38.4 Å². The van der Waals surface area contributed by atoms with Crippen molar-refractivity contribution >= 4 is 22.6 Å². The van der Waals surface area contributed by atoms with Crippen LogP contribution in [0.2, 0.25) is 0 Å². The summed E-state index contributed by atoms with van der Waals surface area (Å²) in [4.78, 5) is 28.1. The third kappa shape index (κ3) is 2.58. The summed E-state index contributed by atoms with van der Waals surface area (Å²) in [6.45, 7) is 1.53. The number of likely N-dealkylation sites (N-methyl/N-ethyl adjacent to an activating group) is 1. The van der Waals surface area contributed by atoms with Gasteiger partial charge in [0.1, 0.15) is 11.4 Å². The molecule has 6 nitrogen and oxygen atoms in total. The van der Waals surface area contributed by atoms with Gasteiger partial charge in [-0.15, -0.1) is 0 Å². The van der Waals surface area contributed by atoms with Crippen LogP contribution in [0, 0.1) is 5.82 Å². The van der Waals surface area contributed by atoms with E-state index in [2.05, 4.69) is 16.8 Å². The van der Waals surface area contributed by atoms with Gasteiger partial charge in [-0.1, -0.05) is 0 Å². The molecule has 0 aliphatic carbocycles. The first-order valence-corrected chi connectivity index (χ1v) is 8.90. The SMILES string of the molecule is CN1C2CC[C@@H]1CCN(c1cc3c(cc1F)c(=O)c(C(=O)O)cn3C)C2. The van der Waals surface area contributed by atoms with Crippen LogP contribution < -0.4 is 10.3 Å². The van der Waals surface area contributed by atoms with Crippen LogP contribution in [0.1, 0.15) is 29.6 Å². The molecule has 2 saturated heterocycles. The minimum absolute atomic E-state index is 0.0992. The molecule has 2 fully saturated rings. The van der Waals surface area contributed by atoms with Crippen molar-refractivity contribution in [3.05, 3.63) is 39.9 Å². The fourth-order valence-electron chi connectivity index (χ4n) is 4.41. The second kappa shape index (κ2) is 6.09. The van der Waals surface area contributed by atoms with E-state index >= 15 is 0 Å². The number of carbonyl (C=O) groups is 1. The predicted molar refractivity (Wildman–Crippen MR) is 97.5 cm³/mol. The molecule has 2 aliphatic rings. The molecule has 2 aromatic rings. The minimum Gasteiger partial charge on any atom is -0.477 e. The van der Waals surface area contributed by atoms with Crippen LogP contribution in [0.5, 0.6) is 0 Å². The van der Waals surface area contributed by atoms with Crippen LogP contribution in [-0.2, 0) is 7.05 Å². The summed E-state index contributed by atoms with van der Waals surface area (Å²) in [5.41, 5.74) is 0.0299. The largest absolute Gasteiger partial charge is 0.477 e. The Morgan fingerprint density at radius 3 is 2.65 bits per heavy atom. The molecular weight excluding hydrogens is 337 g/mol. The average Bonchev–Trinajstić information content (AvgIpc) is 2.83. The summed E-state index contributed by atoms with van der Waals surface area (Å²) in [6, 6.07) is 3.83. The number of fused-ring (bicyclic) bond motifs is 3. The number of benzene rings is 1. The van der Waals surface area contributed by atoms with Crippen molar-refractivity contribution in [3.8, 4) is 0 Å². The Morgan fingerprint density at radius 2 is 1.92 bits per heavy atom. The van der Waals surface area contributed by atoms with Crippen molar-refractivity contribution in [2.75, 3.05) is 25.0 Å². The van der Waals surface area contributed by atoms with Crippen molar-refractivity contribution in [3.63, 3.8) is 0 Å². The number of nitrogens with zero attached hydrogens (tertiary/aromatic N) is 3. The lowest BCUT2D eigenvalue weighted by Crippen LogP contribution is -2.37. The van der Waals surface area contributed by atoms with Crippen LogP contribution in [0.4, 0.5) is 10.1 Å². The lowest BCUT2D eigenvalue weighted by Gasteiger charge is -2.28. The van der Waals surface area contributed by atoms with E-state index in [1.54, 1.807) is 17.7 Å². The molecule has 1 N–H and O–H groups in total. The monoisotopic (exact) mass is 359 g/mol. The highest BCUT2D eigenvalue weighted by Gasteiger charge is 2.35. The van der Waals surface area contributed by atoms with E-state index < -0.39 is 17.2 Å². The van der Waals surface area contributed by atoms with Gasteiger partial charge in [0.15, 0.2) is 0 Å². The van der Waals surface area contributed by atoms with Gasteiger partial charge in [-0.3, -0.25) is 9.69 Å². The number of anilines is 1. The Hall–Kier alpha value is -2.41. The summed E-state index contributed by atoms with van der Waals surface area (Å²) in [7, 11) is 3.81. The van der Waals surface area contributed by atoms with Crippen molar-refractivity contribution in [2.24, 2.45) is 7.05 Å². The molecule has 0 spiro atoms. The second-order valence-electron chi connectivity index (χ2n) is 7.39. The predicted octanol–water partition coefficient (Wildman–Crippen LogP) is 2.05. The third-order valence-electron chi connectivity index (χ3n) is 5.98. The van der Waals surface area contributed by atoms with Gasteiger partial charge < -0.3 is 14.6 Å². The van der Waals surface area contributed by atoms with E-state index in [4.69, 9.17) is 0 Å². The lowest BCUT2D eigenvalue weighted by atomic mass is 10.1. The molecule has 0 saturated carbocycles. The molecule has 1 aromatic carbocycles. The maximum Gasteiger partial charge on any atom is 0.341 e. The number of aromatic nitrogens is 1. The number of aryl methyl sites for hydroxylation is 1. The van der Waals surface area contributed by atoms with Gasteiger partial charge >= 0.3 is 5.97 Å². The van der Waals surface area contributed by atoms with Crippen LogP contribution in [0.15, 0.2) is 23.1 Å². The first kappa shape index (κ1) is 17.0. The van der Waals surface area contributed by atoms with Gasteiger partial charge in [0.25, 0.3) is 0 Å². The van der Waals surface area contributed by atoms with Crippen LogP contribution in [0.25, 0.3) is 10.9 Å². The van der Waals surface area contributed by atoms with Crippen LogP contribution >= 0.6 is 0 Å². The number of carboxylic acid groups (broad SMARTS) is 1. The molecule has 3 heterocycles. The third-order valence-corrected chi connectivity index (χ3v) is 5.98. The van der Waals surface area contributed by atoms with Crippen LogP contribution in [-0.4, -0.2) is 52.8 Å². The highest BCUT2D eigenvalue weighted by atomic mass is 19.1. The fourth-order valence-corrected chi connectivity index (χ4v) is 4.41. The van der Waals surface area contributed by atoms with Crippen molar-refractivity contribution < 1.29 is 14.3 Å². The molecule has 2 atom stereocenters. The lowest BCUT2D eigenvalue weighted by molar-refractivity contribution is 0.0695. The Balaban J connectivity index is 1.81. The number of hydrogen-bond acceptors (Lipinski definition) is 4. The summed E-state index contributed by atoms with van der Waals surface area (Å²) in [5, 5.41) is 9.27. The minimum atomic E-state index is -1.30. The zero-order valence-corrected chi connectivity index (χ0v) is 14.9. The molecule has 138 valence electrons. The maximum absolute atomic E-state index is 14.9. The van der Waals surface area contributed by atoms with Crippen molar-refractivity contribution in [1.82, 2.24) is 9.47 Å². The van der Waals surface area contributed by atoms with Crippen molar-refractivity contribution in [2.45, 2.75) is 31.3 Å². The molecule has 1 aromatic heterocycles. The fraction of sp³-hybridized carbons (Fsp3) is 0.474. The smallest absolute Gasteiger partial charge is 0.341 e. The molecule has 0 amide bonds. The number of hydrogen-bond donors (Lipinski definition) is 1. The molecule has 7 heteroatoms. The Bertz CT molecular complexity index is 955. The normalized spacial score (nSPS) is 23.4. The van der Waals surface area contributed by atoms with Gasteiger partial charge in [0.2, 0.25) is 5.43 Å². The highest BCUT2D eigenvalue weighted by Crippen LogP contribution is 2.32. The first-order chi connectivity index (χ1) is 12.4. The number of carboxylic acids is 1. The second-order valence-corrected chi connectivity index (χ2v) is 7.39. The Kier molecular flexibility index (Phi) is 3.99. The molecule has 1 unspecified atom stereocenters. The summed E-state index contributed by atoms with van der Waals surface area (Å²) in [6.07, 6.45) is 4.60. The Morgan fingerprint density at radius 1 is 1.19 bits per heavy atom. The van der Waals surface area contributed by atoms with E-state index in [0.29, 0.717) is 23.3 Å². The maximum atomic E-state index is 14.9. The quantitative estimate of drug-likeness (QED) is 0.889. The van der Waals surface area contributed by atoms with Gasteiger partial charge in [0.05, 0.1) is 11.2 Å². The number of halogens is 1. The topological polar surface area (TPSA) is 65.8 Å². The summed E-state index contributed by atoms with van der Waals surface area (Å²) >= 11 is 0. The molecule has 2 aliphatic heterocycles. The molecule has 0 radical (unpaired) electrons. The van der Waals surface area contributed by atoms with Crippen LogP contribution in [0.3, 0.4) is 0 Å². The molecule has 26 heavy (non-hydrogen) atoms. The van der Waals surface area contributed by atoms with Gasteiger partial charge in [-0.25, -0.2) is 9.18 Å². The zero-order chi connectivity index (χ0) is 18.6. The van der Waals surface area contributed by atoms with E-state index in [-0.39, 0.29) is 10.9 Å². The highest BCUT2D eigenvalue weighted by molar-refractivity contribution is 5.93. The standard InChI is InChI=1S/C19H22FN3O3/c1-21-10-14(19(25)26)18(24)13-7-15(20)17(8-16(13)21)23-6-5-11-3-4-12(9-23)22(11)2/h7-8,10-12H,3-6,9H2,1-2H3,(H,25,26)/t11-,12?/m1/s1. The number of pyridine rings is 1. The number of aromatic carboxylic acids is 1.